The minimum absolute atomic E-state index is 0.670. The lowest BCUT2D eigenvalue weighted by molar-refractivity contribution is 0.0368. The molecule has 0 spiro atoms. The van der Waals surface area contributed by atoms with Crippen molar-refractivity contribution in [3.63, 3.8) is 0 Å². The van der Waals surface area contributed by atoms with Gasteiger partial charge >= 0.3 is 0 Å². The Morgan fingerprint density at radius 1 is 0.842 bits per heavy atom. The van der Waals surface area contributed by atoms with Gasteiger partial charge in [-0.2, -0.15) is 10.1 Å². The molecule has 2 aliphatic heterocycles. The second kappa shape index (κ2) is 11.7. The van der Waals surface area contributed by atoms with E-state index in [1.165, 1.54) is 0 Å². The fourth-order valence-electron chi connectivity index (χ4n) is 4.91. The number of morpholine rings is 2. The molecule has 198 valence electrons. The lowest BCUT2D eigenvalue weighted by atomic mass is 10.1. The highest BCUT2D eigenvalue weighted by Crippen LogP contribution is 2.28. The lowest BCUT2D eigenvalue weighted by Gasteiger charge is -2.27. The molecule has 0 bridgehead atoms. The maximum Gasteiger partial charge on any atom is 0.228 e. The van der Waals surface area contributed by atoms with Crippen LogP contribution in [0.4, 0.5) is 17.5 Å². The first-order chi connectivity index (χ1) is 18.7. The van der Waals surface area contributed by atoms with Gasteiger partial charge in [0.1, 0.15) is 5.82 Å². The van der Waals surface area contributed by atoms with E-state index in [1.807, 2.05) is 36.5 Å². The number of halogens is 1. The second-order valence-corrected chi connectivity index (χ2v) is 10.1. The van der Waals surface area contributed by atoms with Crippen LogP contribution in [0.5, 0.6) is 0 Å². The monoisotopic (exact) mass is 533 g/mol. The van der Waals surface area contributed by atoms with Crippen molar-refractivity contribution in [2.24, 2.45) is 0 Å². The van der Waals surface area contributed by atoms with E-state index in [9.17, 15) is 0 Å². The quantitative estimate of drug-likeness (QED) is 0.356. The van der Waals surface area contributed by atoms with E-state index in [-0.39, 0.29) is 0 Å². The van der Waals surface area contributed by atoms with Gasteiger partial charge in [-0.15, -0.1) is 0 Å². The number of rotatable bonds is 8. The molecule has 0 aliphatic carbocycles. The number of aryl methyl sites for hydroxylation is 1. The van der Waals surface area contributed by atoms with Crippen LogP contribution in [-0.2, 0) is 16.0 Å². The van der Waals surface area contributed by atoms with Gasteiger partial charge in [-0.3, -0.25) is 9.58 Å². The number of aromatic nitrogens is 4. The molecule has 38 heavy (non-hydrogen) atoms. The Labute approximate surface area is 227 Å². The molecule has 0 unspecified atom stereocenters. The van der Waals surface area contributed by atoms with Crippen LogP contribution in [0, 0.1) is 0 Å². The third kappa shape index (κ3) is 5.91. The summed E-state index contributed by atoms with van der Waals surface area (Å²) in [5.74, 6) is 1.43. The van der Waals surface area contributed by atoms with E-state index in [0.717, 1.165) is 92.6 Å². The molecular weight excluding hydrogens is 502 g/mol. The minimum Gasteiger partial charge on any atom is -0.379 e. The third-order valence-corrected chi connectivity index (χ3v) is 7.27. The van der Waals surface area contributed by atoms with Crippen LogP contribution in [-0.4, -0.2) is 83.8 Å². The van der Waals surface area contributed by atoms with Crippen molar-refractivity contribution >= 4 is 40.0 Å². The fraction of sp³-hybridized carbons (Fsp3) is 0.393. The van der Waals surface area contributed by atoms with E-state index in [0.29, 0.717) is 24.2 Å². The first-order valence-corrected chi connectivity index (χ1v) is 13.6. The van der Waals surface area contributed by atoms with E-state index >= 15 is 0 Å². The number of anilines is 3. The molecule has 4 aromatic rings. The van der Waals surface area contributed by atoms with Crippen LogP contribution in [0.25, 0.3) is 22.2 Å². The molecule has 2 aromatic carbocycles. The minimum atomic E-state index is 0.670. The molecule has 2 fully saturated rings. The Morgan fingerprint density at radius 3 is 2.39 bits per heavy atom. The van der Waals surface area contributed by atoms with Crippen LogP contribution in [0.3, 0.4) is 0 Å². The number of hydrogen-bond donors (Lipinski definition) is 1. The van der Waals surface area contributed by atoms with Crippen molar-refractivity contribution in [1.82, 2.24) is 24.6 Å². The molecule has 6 rings (SSSR count). The van der Waals surface area contributed by atoms with Gasteiger partial charge in [0.25, 0.3) is 0 Å². The Bertz CT molecular complexity index is 1370. The van der Waals surface area contributed by atoms with E-state index in [4.69, 9.17) is 31.0 Å². The van der Waals surface area contributed by atoms with E-state index < -0.39 is 0 Å². The van der Waals surface area contributed by atoms with Gasteiger partial charge in [0, 0.05) is 67.0 Å². The smallest absolute Gasteiger partial charge is 0.228 e. The lowest BCUT2D eigenvalue weighted by Crippen LogP contribution is -2.37. The molecular formula is C28H32ClN7O2. The molecule has 2 aromatic heterocycles. The first kappa shape index (κ1) is 25.1. The van der Waals surface area contributed by atoms with E-state index in [2.05, 4.69) is 43.1 Å². The number of fused-ring (bicyclic) bond motifs is 1. The summed E-state index contributed by atoms with van der Waals surface area (Å²) in [5, 5.41) is 9.93. The van der Waals surface area contributed by atoms with Crippen LogP contribution in [0.15, 0.2) is 54.7 Å². The summed E-state index contributed by atoms with van der Waals surface area (Å²) in [7, 11) is 0. The number of benzene rings is 2. The average Bonchev–Trinajstić information content (AvgIpc) is 3.37. The van der Waals surface area contributed by atoms with Gasteiger partial charge in [0.15, 0.2) is 0 Å². The topological polar surface area (TPSA) is 80.6 Å². The van der Waals surface area contributed by atoms with Crippen molar-refractivity contribution in [3.05, 3.63) is 59.8 Å². The number of ether oxygens (including phenoxy) is 2. The highest BCUT2D eigenvalue weighted by Gasteiger charge is 2.17. The van der Waals surface area contributed by atoms with Crippen LogP contribution < -0.4 is 10.2 Å². The number of nitrogens with zero attached hydrogens (tertiary/aromatic N) is 6. The third-order valence-electron chi connectivity index (χ3n) is 7.01. The van der Waals surface area contributed by atoms with Crippen molar-refractivity contribution < 1.29 is 9.47 Å². The summed E-state index contributed by atoms with van der Waals surface area (Å²) >= 11 is 6.08. The standard InChI is InChI=1S/C28H32ClN7O2/c29-23-4-6-24(7-5-23)31-27-19-25(32-28(33-27)35-12-16-38-17-13-35)21-2-3-22-20-30-36(26(22)18-21)9-1-8-34-10-14-37-15-11-34/h2-7,18-20H,1,8-17H2,(H,31,32,33). The van der Waals surface area contributed by atoms with Crippen molar-refractivity contribution in [3.8, 4) is 11.3 Å². The summed E-state index contributed by atoms with van der Waals surface area (Å²) in [6.07, 6.45) is 2.99. The van der Waals surface area contributed by atoms with Crippen LogP contribution >= 0.6 is 11.6 Å². The molecule has 2 aliphatic rings. The van der Waals surface area contributed by atoms with E-state index in [1.54, 1.807) is 0 Å². The Morgan fingerprint density at radius 2 is 1.61 bits per heavy atom. The summed E-state index contributed by atoms with van der Waals surface area (Å²) in [4.78, 5) is 14.5. The molecule has 10 heteroatoms. The SMILES string of the molecule is Clc1ccc(Nc2cc(-c3ccc4cnn(CCCN5CCOCC5)c4c3)nc(N3CCOCC3)n2)cc1. The summed E-state index contributed by atoms with van der Waals surface area (Å²) in [5.41, 5.74) is 3.92. The maximum absolute atomic E-state index is 6.08. The van der Waals surface area contributed by atoms with Gasteiger partial charge in [-0.25, -0.2) is 4.98 Å². The fourth-order valence-corrected chi connectivity index (χ4v) is 5.04. The number of nitrogens with one attached hydrogen (secondary N) is 1. The van der Waals surface area contributed by atoms with Gasteiger partial charge < -0.3 is 19.7 Å². The molecule has 0 radical (unpaired) electrons. The highest BCUT2D eigenvalue weighted by atomic mass is 35.5. The first-order valence-electron chi connectivity index (χ1n) is 13.2. The molecule has 4 heterocycles. The van der Waals surface area contributed by atoms with Crippen LogP contribution in [0.2, 0.25) is 5.02 Å². The van der Waals surface area contributed by atoms with Crippen LogP contribution in [0.1, 0.15) is 6.42 Å². The Balaban J connectivity index is 1.28. The second-order valence-electron chi connectivity index (χ2n) is 9.62. The largest absolute Gasteiger partial charge is 0.379 e. The zero-order chi connectivity index (χ0) is 25.7. The zero-order valence-electron chi connectivity index (χ0n) is 21.4. The zero-order valence-corrected chi connectivity index (χ0v) is 22.1. The van der Waals surface area contributed by atoms with Gasteiger partial charge in [-0.1, -0.05) is 23.7 Å². The normalized spacial score (nSPS) is 16.7. The molecule has 1 N–H and O–H groups in total. The summed E-state index contributed by atoms with van der Waals surface area (Å²) < 4.78 is 13.1. The summed E-state index contributed by atoms with van der Waals surface area (Å²) in [6, 6.07) is 16.0. The number of hydrogen-bond acceptors (Lipinski definition) is 8. The van der Waals surface area contributed by atoms with Gasteiger partial charge in [0.2, 0.25) is 5.95 Å². The molecule has 0 saturated carbocycles. The Hall–Kier alpha value is -3.24. The van der Waals surface area contributed by atoms with Gasteiger partial charge in [0.05, 0.1) is 43.8 Å². The van der Waals surface area contributed by atoms with Crippen molar-refractivity contribution in [1.29, 1.82) is 0 Å². The summed E-state index contributed by atoms with van der Waals surface area (Å²) in [6.45, 7) is 8.47. The molecule has 0 amide bonds. The predicted molar refractivity (Wildman–Crippen MR) is 150 cm³/mol. The average molecular weight is 534 g/mol. The molecule has 9 nitrogen and oxygen atoms in total. The maximum atomic E-state index is 6.08. The van der Waals surface area contributed by atoms with Gasteiger partial charge in [-0.05, 0) is 36.8 Å². The van der Waals surface area contributed by atoms with Crippen molar-refractivity contribution in [2.45, 2.75) is 13.0 Å². The molecule has 0 atom stereocenters. The predicted octanol–water partition coefficient (Wildman–Crippen LogP) is 4.45. The Kier molecular flexibility index (Phi) is 7.69. The molecule has 2 saturated heterocycles. The van der Waals surface area contributed by atoms with Crippen molar-refractivity contribution in [2.75, 3.05) is 69.4 Å². The highest BCUT2D eigenvalue weighted by molar-refractivity contribution is 6.30.